The molecule has 0 heterocycles. The first-order valence-electron chi connectivity index (χ1n) is 2.96. The van der Waals surface area contributed by atoms with Gasteiger partial charge in [0.15, 0.2) is 5.78 Å². The first-order valence-corrected chi connectivity index (χ1v) is 2.96. The number of allylic oxidation sites excluding steroid dienone is 3. The average Bonchev–Trinajstić information content (AvgIpc) is 1.89. The minimum absolute atomic E-state index is 0.0368. The molecule has 1 radical (unpaired) electrons. The molecule has 0 rings (SSSR count). The highest BCUT2D eigenvalue weighted by Gasteiger charge is 1.88. The van der Waals surface area contributed by atoms with Crippen LogP contribution in [-0.4, -0.2) is 12.1 Å². The van der Waals surface area contributed by atoms with Crippen molar-refractivity contribution in [2.24, 2.45) is 0 Å². The summed E-state index contributed by atoms with van der Waals surface area (Å²) in [5, 5.41) is 0. The van der Waals surface area contributed by atoms with Gasteiger partial charge in [-0.2, -0.15) is 0 Å². The van der Waals surface area contributed by atoms with E-state index in [1.165, 1.54) is 18.2 Å². The average molecular weight is 137 g/mol. The Labute approximate surface area is 60.2 Å². The summed E-state index contributed by atoms with van der Waals surface area (Å²) in [6.07, 6.45) is 6.54. The van der Waals surface area contributed by atoms with Crippen LogP contribution in [0.15, 0.2) is 24.8 Å². The highest BCUT2D eigenvalue weighted by molar-refractivity contribution is 5.90. The molecule has 2 nitrogen and oxygen atoms in total. The third-order valence-electron chi connectivity index (χ3n) is 0.850. The zero-order valence-corrected chi connectivity index (χ0v) is 5.67. The lowest BCUT2D eigenvalue weighted by atomic mass is 10.2. The van der Waals surface area contributed by atoms with Crippen LogP contribution in [0.1, 0.15) is 12.8 Å². The van der Waals surface area contributed by atoms with Crippen molar-refractivity contribution in [2.75, 3.05) is 0 Å². The Morgan fingerprint density at radius 1 is 1.60 bits per heavy atom. The van der Waals surface area contributed by atoms with Crippen molar-refractivity contribution in [1.29, 1.82) is 0 Å². The van der Waals surface area contributed by atoms with Crippen molar-refractivity contribution in [3.05, 3.63) is 24.8 Å². The largest absolute Gasteiger partial charge is 0.295 e. The third-order valence-corrected chi connectivity index (χ3v) is 0.850. The van der Waals surface area contributed by atoms with Gasteiger partial charge in [0.2, 0.25) is 6.29 Å². The number of hydrogen-bond acceptors (Lipinski definition) is 2. The SMILES string of the molecule is C=CCC(=O)C=CC[C]=O. The molecule has 0 atom stereocenters. The fraction of sp³-hybridized carbons (Fsp3) is 0.250. The molecule has 0 aromatic carbocycles. The molecule has 0 saturated carbocycles. The predicted molar refractivity (Wildman–Crippen MR) is 39.3 cm³/mol. The molecule has 0 aliphatic carbocycles. The van der Waals surface area contributed by atoms with E-state index in [9.17, 15) is 9.59 Å². The lowest BCUT2D eigenvalue weighted by Crippen LogP contribution is -1.87. The summed E-state index contributed by atoms with van der Waals surface area (Å²) >= 11 is 0. The molecule has 0 fully saturated rings. The van der Waals surface area contributed by atoms with E-state index in [2.05, 4.69) is 6.58 Å². The molecule has 10 heavy (non-hydrogen) atoms. The molecule has 53 valence electrons. The molecule has 0 spiro atoms. The van der Waals surface area contributed by atoms with Gasteiger partial charge < -0.3 is 0 Å². The lowest BCUT2D eigenvalue weighted by Gasteiger charge is -1.82. The second-order valence-electron chi connectivity index (χ2n) is 1.71. The fourth-order valence-corrected chi connectivity index (χ4v) is 0.449. The maximum atomic E-state index is 10.6. The minimum atomic E-state index is -0.0368. The summed E-state index contributed by atoms with van der Waals surface area (Å²) in [5.41, 5.74) is 0. The second-order valence-corrected chi connectivity index (χ2v) is 1.71. The highest BCUT2D eigenvalue weighted by atomic mass is 16.1. The van der Waals surface area contributed by atoms with Crippen LogP contribution < -0.4 is 0 Å². The molecule has 0 aliphatic heterocycles. The van der Waals surface area contributed by atoms with E-state index in [0.717, 1.165) is 0 Å². The first kappa shape index (κ1) is 8.82. The maximum Gasteiger partial charge on any atom is 0.202 e. The van der Waals surface area contributed by atoms with E-state index in [4.69, 9.17) is 0 Å². The Balaban J connectivity index is 3.54. The standard InChI is InChI=1S/C8H9O2/c1-2-5-8(10)6-3-4-7-9/h2-3,6H,1,4-5H2. The van der Waals surface area contributed by atoms with Crippen molar-refractivity contribution in [3.63, 3.8) is 0 Å². The van der Waals surface area contributed by atoms with E-state index in [1.54, 1.807) is 6.29 Å². The third kappa shape index (κ3) is 4.97. The number of hydrogen-bond donors (Lipinski definition) is 0. The van der Waals surface area contributed by atoms with Gasteiger partial charge in [0.25, 0.3) is 0 Å². The summed E-state index contributed by atoms with van der Waals surface area (Å²) in [5.74, 6) is -0.0368. The Hall–Kier alpha value is -1.18. The zero-order chi connectivity index (χ0) is 7.82. The molecule has 0 unspecified atom stereocenters. The highest BCUT2D eigenvalue weighted by Crippen LogP contribution is 1.86. The Kier molecular flexibility index (Phi) is 5.25. The van der Waals surface area contributed by atoms with Gasteiger partial charge in [0.05, 0.1) is 0 Å². The van der Waals surface area contributed by atoms with E-state index in [0.29, 0.717) is 6.42 Å². The van der Waals surface area contributed by atoms with Crippen LogP contribution in [0.4, 0.5) is 0 Å². The van der Waals surface area contributed by atoms with Gasteiger partial charge in [0.1, 0.15) is 0 Å². The van der Waals surface area contributed by atoms with E-state index < -0.39 is 0 Å². The predicted octanol–water partition coefficient (Wildman–Crippen LogP) is 1.19. The van der Waals surface area contributed by atoms with Crippen LogP contribution in [0, 0.1) is 0 Å². The Morgan fingerprint density at radius 3 is 2.80 bits per heavy atom. The number of rotatable bonds is 5. The molecule has 0 bridgehead atoms. The summed E-state index contributed by atoms with van der Waals surface area (Å²) in [7, 11) is 0. The molecule has 0 aromatic rings. The van der Waals surface area contributed by atoms with Gasteiger partial charge in [-0.05, 0) is 6.08 Å². The zero-order valence-electron chi connectivity index (χ0n) is 5.67. The van der Waals surface area contributed by atoms with Crippen LogP contribution in [0.5, 0.6) is 0 Å². The van der Waals surface area contributed by atoms with Crippen LogP contribution in [0.25, 0.3) is 0 Å². The molecule has 0 saturated heterocycles. The molecular weight excluding hydrogens is 128 g/mol. The van der Waals surface area contributed by atoms with Crippen molar-refractivity contribution in [1.82, 2.24) is 0 Å². The number of carbonyl (C=O) groups excluding carboxylic acids is 2. The molecule has 0 amide bonds. The Morgan fingerprint density at radius 2 is 2.30 bits per heavy atom. The minimum Gasteiger partial charge on any atom is -0.295 e. The molecule has 0 N–H and O–H groups in total. The van der Waals surface area contributed by atoms with Gasteiger partial charge >= 0.3 is 0 Å². The smallest absolute Gasteiger partial charge is 0.202 e. The number of ketones is 1. The van der Waals surface area contributed by atoms with Crippen LogP contribution in [0.3, 0.4) is 0 Å². The van der Waals surface area contributed by atoms with E-state index in [-0.39, 0.29) is 12.2 Å². The van der Waals surface area contributed by atoms with Gasteiger partial charge in [-0.15, -0.1) is 6.58 Å². The van der Waals surface area contributed by atoms with Gasteiger partial charge in [0, 0.05) is 12.8 Å². The van der Waals surface area contributed by atoms with Gasteiger partial charge in [-0.25, -0.2) is 0 Å². The van der Waals surface area contributed by atoms with Crippen molar-refractivity contribution >= 4 is 12.1 Å². The van der Waals surface area contributed by atoms with Crippen LogP contribution >= 0.6 is 0 Å². The van der Waals surface area contributed by atoms with Gasteiger partial charge in [-0.1, -0.05) is 12.2 Å². The van der Waals surface area contributed by atoms with Crippen molar-refractivity contribution in [2.45, 2.75) is 12.8 Å². The van der Waals surface area contributed by atoms with E-state index >= 15 is 0 Å². The second kappa shape index (κ2) is 5.95. The van der Waals surface area contributed by atoms with Crippen molar-refractivity contribution in [3.8, 4) is 0 Å². The van der Waals surface area contributed by atoms with Crippen LogP contribution in [0.2, 0.25) is 0 Å². The summed E-state index contributed by atoms with van der Waals surface area (Å²) < 4.78 is 0. The fourth-order valence-electron chi connectivity index (χ4n) is 0.449. The summed E-state index contributed by atoms with van der Waals surface area (Å²) in [6.45, 7) is 3.40. The Bertz CT molecular complexity index is 157. The van der Waals surface area contributed by atoms with E-state index in [1.807, 2.05) is 0 Å². The van der Waals surface area contributed by atoms with Gasteiger partial charge in [-0.3, -0.25) is 9.59 Å². The number of carbonyl (C=O) groups is 1. The topological polar surface area (TPSA) is 34.1 Å². The van der Waals surface area contributed by atoms with Crippen LogP contribution in [-0.2, 0) is 9.59 Å². The molecule has 0 aliphatic rings. The molecule has 2 heteroatoms. The quantitative estimate of drug-likeness (QED) is 0.421. The van der Waals surface area contributed by atoms with Crippen molar-refractivity contribution < 1.29 is 9.59 Å². The summed E-state index contributed by atoms with van der Waals surface area (Å²) in [4.78, 5) is 20.3. The maximum absolute atomic E-state index is 10.6. The molecule has 0 aromatic heterocycles. The molecular formula is C8H9O2. The normalized spacial score (nSPS) is 9.60. The summed E-state index contributed by atoms with van der Waals surface area (Å²) in [6, 6.07) is 0. The lowest BCUT2D eigenvalue weighted by molar-refractivity contribution is -0.113. The monoisotopic (exact) mass is 137 g/mol. The first-order chi connectivity index (χ1) is 4.81.